The molecule has 0 saturated carbocycles. The number of ether oxygens (including phenoxy) is 3. The fourth-order valence-electron chi connectivity index (χ4n) is 3.82. The molecule has 34 heavy (non-hydrogen) atoms. The molecule has 184 valence electrons. The first-order valence-electron chi connectivity index (χ1n) is 10.6. The van der Waals surface area contributed by atoms with Crippen molar-refractivity contribution in [3.63, 3.8) is 0 Å². The van der Waals surface area contributed by atoms with Gasteiger partial charge in [0.25, 0.3) is 5.91 Å². The van der Waals surface area contributed by atoms with E-state index in [2.05, 4.69) is 9.88 Å². The minimum absolute atomic E-state index is 0. The van der Waals surface area contributed by atoms with E-state index in [0.717, 1.165) is 37.0 Å². The SMILES string of the molecule is COc1cccc(C(=O)N(CCCN2CCOCC2)c2nc3c(F)cc(F)cc3s2)c1OC.Cl. The van der Waals surface area contributed by atoms with Crippen LogP contribution in [0.15, 0.2) is 30.3 Å². The number of anilines is 1. The molecule has 0 spiro atoms. The van der Waals surface area contributed by atoms with Gasteiger partial charge in [0.05, 0.1) is 37.7 Å². The van der Waals surface area contributed by atoms with Gasteiger partial charge in [0.1, 0.15) is 11.3 Å². The predicted molar refractivity (Wildman–Crippen MR) is 130 cm³/mol. The molecule has 0 radical (unpaired) electrons. The lowest BCUT2D eigenvalue weighted by molar-refractivity contribution is 0.0376. The number of carbonyl (C=O) groups is 1. The third kappa shape index (κ3) is 5.57. The minimum Gasteiger partial charge on any atom is -0.493 e. The summed E-state index contributed by atoms with van der Waals surface area (Å²) in [6.45, 7) is 4.17. The van der Waals surface area contributed by atoms with Gasteiger partial charge in [-0.25, -0.2) is 13.8 Å². The molecule has 1 fully saturated rings. The van der Waals surface area contributed by atoms with E-state index in [9.17, 15) is 13.6 Å². The van der Waals surface area contributed by atoms with Crippen LogP contribution in [0.5, 0.6) is 11.5 Å². The number of fused-ring (bicyclic) bond motifs is 1. The zero-order valence-electron chi connectivity index (χ0n) is 18.9. The number of rotatable bonds is 8. The monoisotopic (exact) mass is 513 g/mol. The van der Waals surface area contributed by atoms with Gasteiger partial charge in [-0.05, 0) is 24.6 Å². The largest absolute Gasteiger partial charge is 0.493 e. The van der Waals surface area contributed by atoms with Crippen molar-refractivity contribution in [3.8, 4) is 11.5 Å². The average Bonchev–Trinajstić information content (AvgIpc) is 3.25. The Kier molecular flexibility index (Phi) is 9.01. The fourth-order valence-corrected chi connectivity index (χ4v) is 4.85. The van der Waals surface area contributed by atoms with E-state index in [1.54, 1.807) is 18.2 Å². The second kappa shape index (κ2) is 11.7. The zero-order valence-corrected chi connectivity index (χ0v) is 20.5. The van der Waals surface area contributed by atoms with Gasteiger partial charge in [-0.2, -0.15) is 0 Å². The number of halogens is 3. The highest BCUT2D eigenvalue weighted by Crippen LogP contribution is 2.35. The molecule has 2 heterocycles. The number of thiazole rings is 1. The van der Waals surface area contributed by atoms with Crippen LogP contribution in [0.1, 0.15) is 16.8 Å². The van der Waals surface area contributed by atoms with E-state index < -0.39 is 11.6 Å². The molecule has 0 aliphatic carbocycles. The zero-order chi connectivity index (χ0) is 23.4. The topological polar surface area (TPSA) is 64.1 Å². The predicted octanol–water partition coefficient (Wildman–Crippen LogP) is 4.38. The van der Waals surface area contributed by atoms with Gasteiger partial charge in [0, 0.05) is 32.2 Å². The number of hydrogen-bond donors (Lipinski definition) is 0. The number of hydrogen-bond acceptors (Lipinski definition) is 7. The Morgan fingerprint density at radius 3 is 2.68 bits per heavy atom. The number of benzene rings is 2. The Balaban J connectivity index is 0.00000324. The van der Waals surface area contributed by atoms with Gasteiger partial charge in [0.2, 0.25) is 0 Å². The number of morpholine rings is 1. The van der Waals surface area contributed by atoms with E-state index in [1.165, 1.54) is 25.2 Å². The molecule has 1 saturated heterocycles. The molecule has 7 nitrogen and oxygen atoms in total. The number of nitrogens with zero attached hydrogens (tertiary/aromatic N) is 3. The maximum atomic E-state index is 14.3. The molecular formula is C23H26ClF2N3O4S. The summed E-state index contributed by atoms with van der Waals surface area (Å²) in [5.41, 5.74) is 0.342. The molecule has 0 bridgehead atoms. The van der Waals surface area contributed by atoms with Crippen LogP contribution in [0.2, 0.25) is 0 Å². The molecular weight excluding hydrogens is 488 g/mol. The highest BCUT2D eigenvalue weighted by atomic mass is 35.5. The smallest absolute Gasteiger partial charge is 0.263 e. The molecule has 1 aromatic heterocycles. The lowest BCUT2D eigenvalue weighted by Gasteiger charge is -2.28. The van der Waals surface area contributed by atoms with Crippen molar-refractivity contribution in [2.75, 3.05) is 58.5 Å². The van der Waals surface area contributed by atoms with E-state index in [-0.39, 0.29) is 23.8 Å². The first-order chi connectivity index (χ1) is 16.0. The van der Waals surface area contributed by atoms with Crippen LogP contribution in [0.25, 0.3) is 10.2 Å². The van der Waals surface area contributed by atoms with Crippen molar-refractivity contribution in [3.05, 3.63) is 47.5 Å². The van der Waals surface area contributed by atoms with Crippen LogP contribution in [-0.2, 0) is 4.74 Å². The van der Waals surface area contributed by atoms with Crippen molar-refractivity contribution in [1.82, 2.24) is 9.88 Å². The maximum absolute atomic E-state index is 14.3. The van der Waals surface area contributed by atoms with Gasteiger partial charge < -0.3 is 14.2 Å². The maximum Gasteiger partial charge on any atom is 0.263 e. The number of para-hydroxylation sites is 1. The molecule has 4 rings (SSSR count). The van der Waals surface area contributed by atoms with Gasteiger partial charge in [-0.15, -0.1) is 12.4 Å². The van der Waals surface area contributed by atoms with E-state index in [1.807, 2.05) is 0 Å². The Hall–Kier alpha value is -2.53. The normalized spacial score (nSPS) is 14.0. The van der Waals surface area contributed by atoms with Crippen molar-refractivity contribution >= 4 is 45.0 Å². The summed E-state index contributed by atoms with van der Waals surface area (Å²) in [5.74, 6) is -1.06. The lowest BCUT2D eigenvalue weighted by Crippen LogP contribution is -2.39. The Morgan fingerprint density at radius 1 is 1.21 bits per heavy atom. The lowest BCUT2D eigenvalue weighted by atomic mass is 10.1. The second-order valence-electron chi connectivity index (χ2n) is 7.54. The van der Waals surface area contributed by atoms with E-state index in [4.69, 9.17) is 14.2 Å². The summed E-state index contributed by atoms with van der Waals surface area (Å²) in [5, 5.41) is 0.298. The van der Waals surface area contributed by atoms with Gasteiger partial charge >= 0.3 is 0 Å². The standard InChI is InChI=1S/C23H25F2N3O4S.ClH/c1-30-18-6-3-5-16(21(18)31-2)22(29)28(8-4-7-27-9-11-32-12-10-27)23-26-20-17(25)13-15(24)14-19(20)33-23;/h3,5-6,13-14H,4,7-12H2,1-2H3;1H. The quantitative estimate of drug-likeness (QED) is 0.445. The van der Waals surface area contributed by atoms with Crippen molar-refractivity contribution in [2.24, 2.45) is 0 Å². The fraction of sp³-hybridized carbons (Fsp3) is 0.391. The Morgan fingerprint density at radius 2 is 1.97 bits per heavy atom. The average molecular weight is 514 g/mol. The van der Waals surface area contributed by atoms with Crippen molar-refractivity contribution in [2.45, 2.75) is 6.42 Å². The van der Waals surface area contributed by atoms with Crippen LogP contribution in [0, 0.1) is 11.6 Å². The summed E-state index contributed by atoms with van der Waals surface area (Å²) in [6.07, 6.45) is 0.671. The molecule has 3 aromatic rings. The molecule has 1 aliphatic heterocycles. The summed E-state index contributed by atoms with van der Waals surface area (Å²) < 4.78 is 44.5. The van der Waals surface area contributed by atoms with Crippen LogP contribution < -0.4 is 14.4 Å². The van der Waals surface area contributed by atoms with Gasteiger partial charge in [-0.1, -0.05) is 17.4 Å². The van der Waals surface area contributed by atoms with Gasteiger partial charge in [0.15, 0.2) is 22.4 Å². The third-order valence-corrected chi connectivity index (χ3v) is 6.50. The molecule has 2 aromatic carbocycles. The molecule has 0 unspecified atom stereocenters. The highest BCUT2D eigenvalue weighted by Gasteiger charge is 2.26. The van der Waals surface area contributed by atoms with Crippen LogP contribution in [0.4, 0.5) is 13.9 Å². The first kappa shape index (κ1) is 26.1. The number of carbonyl (C=O) groups excluding carboxylic acids is 1. The van der Waals surface area contributed by atoms with Gasteiger partial charge in [-0.3, -0.25) is 14.6 Å². The third-order valence-electron chi connectivity index (χ3n) is 5.47. The summed E-state index contributed by atoms with van der Waals surface area (Å²) >= 11 is 1.07. The van der Waals surface area contributed by atoms with Crippen LogP contribution >= 0.6 is 23.7 Å². The summed E-state index contributed by atoms with van der Waals surface area (Å²) in [4.78, 5) is 21.8. The van der Waals surface area contributed by atoms with Crippen molar-refractivity contribution < 1.29 is 27.8 Å². The number of methoxy groups -OCH3 is 2. The number of aromatic nitrogens is 1. The Bertz CT molecular complexity index is 1140. The van der Waals surface area contributed by atoms with E-state index in [0.29, 0.717) is 53.1 Å². The Labute approximate surface area is 206 Å². The second-order valence-corrected chi connectivity index (χ2v) is 8.55. The highest BCUT2D eigenvalue weighted by molar-refractivity contribution is 7.22. The first-order valence-corrected chi connectivity index (χ1v) is 11.4. The molecule has 0 atom stereocenters. The molecule has 1 amide bonds. The molecule has 11 heteroatoms. The molecule has 1 aliphatic rings. The summed E-state index contributed by atoms with van der Waals surface area (Å²) in [7, 11) is 2.96. The minimum atomic E-state index is -0.757. The number of amides is 1. The van der Waals surface area contributed by atoms with Crippen molar-refractivity contribution in [1.29, 1.82) is 0 Å². The van der Waals surface area contributed by atoms with Crippen LogP contribution in [0.3, 0.4) is 0 Å². The van der Waals surface area contributed by atoms with E-state index >= 15 is 0 Å². The summed E-state index contributed by atoms with van der Waals surface area (Å²) in [6, 6.07) is 7.07. The van der Waals surface area contributed by atoms with Crippen LogP contribution in [-0.4, -0.2) is 69.4 Å². The molecule has 0 N–H and O–H groups in total.